The van der Waals surface area contributed by atoms with Crippen LogP contribution in [-0.2, 0) is 4.79 Å². The normalized spacial score (nSPS) is 15.7. The maximum atomic E-state index is 14.8. The highest BCUT2D eigenvalue weighted by Gasteiger charge is 2.24. The maximum absolute atomic E-state index is 14.8. The summed E-state index contributed by atoms with van der Waals surface area (Å²) in [4.78, 5) is 23.4. The van der Waals surface area contributed by atoms with Crippen molar-refractivity contribution in [2.75, 3.05) is 25.5 Å². The van der Waals surface area contributed by atoms with Gasteiger partial charge in [-0.15, -0.1) is 5.10 Å². The Kier molecular flexibility index (Phi) is 4.66. The molecule has 31 heavy (non-hydrogen) atoms. The van der Waals surface area contributed by atoms with E-state index >= 15 is 0 Å². The van der Waals surface area contributed by atoms with Gasteiger partial charge in [0.05, 0.1) is 17.6 Å². The van der Waals surface area contributed by atoms with Crippen molar-refractivity contribution in [3.63, 3.8) is 0 Å². The number of halogens is 1. The van der Waals surface area contributed by atoms with Crippen LogP contribution >= 0.6 is 0 Å². The standard InChI is InChI=1S/C21H23FN8O/c1-12-8-17(26-29-10-13(2)23-18(12)29)15-9-16(22)19-24-21(27-30(19)11-15)25-20(31)14-4-6-28(3)7-5-14/h8-11,14H,4-7H2,1-3H3,(H,25,27,31). The van der Waals surface area contributed by atoms with Gasteiger partial charge in [-0.3, -0.25) is 10.1 Å². The van der Waals surface area contributed by atoms with E-state index in [1.54, 1.807) is 10.7 Å². The summed E-state index contributed by atoms with van der Waals surface area (Å²) < 4.78 is 17.8. The van der Waals surface area contributed by atoms with Gasteiger partial charge in [-0.05, 0) is 64.5 Å². The molecule has 1 aliphatic heterocycles. The predicted octanol–water partition coefficient (Wildman–Crippen LogP) is 2.48. The van der Waals surface area contributed by atoms with E-state index in [0.29, 0.717) is 11.3 Å². The van der Waals surface area contributed by atoms with Gasteiger partial charge in [-0.2, -0.15) is 10.1 Å². The molecule has 5 heterocycles. The molecule has 5 rings (SSSR count). The van der Waals surface area contributed by atoms with Crippen LogP contribution in [-0.4, -0.2) is 60.1 Å². The zero-order chi connectivity index (χ0) is 21.7. The topological polar surface area (TPSA) is 92.7 Å². The van der Waals surface area contributed by atoms with E-state index < -0.39 is 5.82 Å². The molecule has 0 aliphatic carbocycles. The van der Waals surface area contributed by atoms with Crippen LogP contribution in [0.1, 0.15) is 24.1 Å². The van der Waals surface area contributed by atoms with E-state index in [1.807, 2.05) is 33.2 Å². The molecule has 4 aromatic rings. The number of piperidine rings is 1. The first-order chi connectivity index (χ1) is 14.9. The molecule has 160 valence electrons. The minimum atomic E-state index is -0.536. The van der Waals surface area contributed by atoms with Gasteiger partial charge in [0.25, 0.3) is 0 Å². The minimum absolute atomic E-state index is 0.0544. The highest BCUT2D eigenvalue weighted by molar-refractivity contribution is 5.91. The number of hydrogen-bond donors (Lipinski definition) is 1. The lowest BCUT2D eigenvalue weighted by atomic mass is 9.96. The summed E-state index contributed by atoms with van der Waals surface area (Å²) in [5, 5.41) is 11.6. The number of likely N-dealkylation sites (tertiary alicyclic amines) is 1. The number of aromatic nitrogens is 6. The largest absolute Gasteiger partial charge is 0.306 e. The number of nitrogens with zero attached hydrogens (tertiary/aromatic N) is 7. The second-order valence-electron chi connectivity index (χ2n) is 8.21. The van der Waals surface area contributed by atoms with E-state index in [0.717, 1.165) is 42.8 Å². The lowest BCUT2D eigenvalue weighted by Crippen LogP contribution is -2.36. The van der Waals surface area contributed by atoms with Crippen molar-refractivity contribution in [3.05, 3.63) is 41.6 Å². The number of fused-ring (bicyclic) bond motifs is 2. The zero-order valence-electron chi connectivity index (χ0n) is 17.6. The van der Waals surface area contributed by atoms with Crippen molar-refractivity contribution >= 4 is 23.1 Å². The number of carbonyl (C=O) groups excluding carboxylic acids is 1. The van der Waals surface area contributed by atoms with Crippen LogP contribution in [0.15, 0.2) is 24.5 Å². The summed E-state index contributed by atoms with van der Waals surface area (Å²) in [7, 11) is 2.04. The molecule has 1 fully saturated rings. The number of carbonyl (C=O) groups is 1. The van der Waals surface area contributed by atoms with E-state index in [-0.39, 0.29) is 23.4 Å². The average Bonchev–Trinajstić information content (AvgIpc) is 3.31. The fraction of sp³-hybridized carbons (Fsp3) is 0.381. The molecule has 1 saturated heterocycles. The van der Waals surface area contributed by atoms with Gasteiger partial charge in [-0.25, -0.2) is 18.4 Å². The van der Waals surface area contributed by atoms with Crippen LogP contribution in [0.3, 0.4) is 0 Å². The third kappa shape index (κ3) is 3.63. The molecule has 0 aromatic carbocycles. The van der Waals surface area contributed by atoms with Gasteiger partial charge in [0.2, 0.25) is 11.9 Å². The third-order valence-corrected chi connectivity index (χ3v) is 5.74. The molecule has 4 aromatic heterocycles. The Balaban J connectivity index is 1.45. The monoisotopic (exact) mass is 422 g/mol. The maximum Gasteiger partial charge on any atom is 0.249 e. The van der Waals surface area contributed by atoms with E-state index in [1.165, 1.54) is 10.6 Å². The number of anilines is 1. The van der Waals surface area contributed by atoms with Crippen LogP contribution in [0.4, 0.5) is 10.3 Å². The molecule has 0 radical (unpaired) electrons. The van der Waals surface area contributed by atoms with Gasteiger partial charge >= 0.3 is 0 Å². The van der Waals surface area contributed by atoms with Crippen LogP contribution in [0.25, 0.3) is 22.6 Å². The Morgan fingerprint density at radius 3 is 2.58 bits per heavy atom. The van der Waals surface area contributed by atoms with E-state index in [9.17, 15) is 9.18 Å². The van der Waals surface area contributed by atoms with Gasteiger partial charge in [-0.1, -0.05) is 0 Å². The van der Waals surface area contributed by atoms with Crippen LogP contribution in [0, 0.1) is 25.6 Å². The van der Waals surface area contributed by atoms with Gasteiger partial charge in [0.1, 0.15) is 0 Å². The summed E-state index contributed by atoms with van der Waals surface area (Å²) in [5.74, 6) is -0.639. The first-order valence-corrected chi connectivity index (χ1v) is 10.3. The molecule has 0 atom stereocenters. The molecule has 0 unspecified atom stereocenters. The summed E-state index contributed by atoms with van der Waals surface area (Å²) in [6.07, 6.45) is 5.06. The van der Waals surface area contributed by atoms with Crippen molar-refractivity contribution < 1.29 is 9.18 Å². The molecule has 1 N–H and O–H groups in total. The third-order valence-electron chi connectivity index (χ3n) is 5.74. The zero-order valence-corrected chi connectivity index (χ0v) is 17.6. The van der Waals surface area contributed by atoms with Crippen LogP contribution in [0.5, 0.6) is 0 Å². The van der Waals surface area contributed by atoms with Crippen molar-refractivity contribution in [3.8, 4) is 11.3 Å². The summed E-state index contributed by atoms with van der Waals surface area (Å²) in [5.41, 5.74) is 3.76. The molecule has 10 heteroatoms. The van der Waals surface area contributed by atoms with Crippen molar-refractivity contribution in [1.29, 1.82) is 0 Å². The molecule has 0 saturated carbocycles. The number of amides is 1. The SMILES string of the molecule is Cc1cn2nc(-c3cc(F)c4nc(NC(=O)C5CCN(C)CC5)nn4c3)cc(C)c2n1. The van der Waals surface area contributed by atoms with Crippen molar-refractivity contribution in [1.82, 2.24) is 34.1 Å². The summed E-state index contributed by atoms with van der Waals surface area (Å²) >= 11 is 0. The second kappa shape index (κ2) is 7.38. The first-order valence-electron chi connectivity index (χ1n) is 10.3. The fourth-order valence-corrected chi connectivity index (χ4v) is 4.01. The average molecular weight is 422 g/mol. The number of pyridine rings is 1. The Labute approximate surface area is 177 Å². The van der Waals surface area contributed by atoms with Crippen LogP contribution in [0.2, 0.25) is 0 Å². The Morgan fingerprint density at radius 2 is 1.81 bits per heavy atom. The Hall–Kier alpha value is -3.40. The Morgan fingerprint density at radius 1 is 1.06 bits per heavy atom. The van der Waals surface area contributed by atoms with E-state index in [2.05, 4.69) is 30.4 Å². The molecule has 0 spiro atoms. The quantitative estimate of drug-likeness (QED) is 0.545. The smallest absolute Gasteiger partial charge is 0.249 e. The number of rotatable bonds is 3. The molecule has 9 nitrogen and oxygen atoms in total. The highest BCUT2D eigenvalue weighted by Crippen LogP contribution is 2.24. The number of nitrogens with one attached hydrogen (secondary N) is 1. The molecular weight excluding hydrogens is 399 g/mol. The predicted molar refractivity (Wildman–Crippen MR) is 113 cm³/mol. The Bertz CT molecular complexity index is 1300. The molecular formula is C21H23FN8O. The first kappa shape index (κ1) is 19.6. The van der Waals surface area contributed by atoms with Gasteiger partial charge in [0.15, 0.2) is 17.1 Å². The van der Waals surface area contributed by atoms with Crippen molar-refractivity contribution in [2.45, 2.75) is 26.7 Å². The minimum Gasteiger partial charge on any atom is -0.306 e. The number of aryl methyl sites for hydroxylation is 2. The summed E-state index contributed by atoms with van der Waals surface area (Å²) in [6.45, 7) is 5.59. The lowest BCUT2D eigenvalue weighted by Gasteiger charge is -2.27. The van der Waals surface area contributed by atoms with Gasteiger partial charge in [0, 0.05) is 17.7 Å². The highest BCUT2D eigenvalue weighted by atomic mass is 19.1. The lowest BCUT2D eigenvalue weighted by molar-refractivity contribution is -0.121. The second-order valence-corrected chi connectivity index (χ2v) is 8.21. The van der Waals surface area contributed by atoms with Gasteiger partial charge < -0.3 is 4.90 Å². The summed E-state index contributed by atoms with van der Waals surface area (Å²) in [6, 6.07) is 3.24. The molecule has 1 aliphatic rings. The fourth-order valence-electron chi connectivity index (χ4n) is 4.01. The number of imidazole rings is 1. The van der Waals surface area contributed by atoms with E-state index in [4.69, 9.17) is 0 Å². The van der Waals surface area contributed by atoms with Crippen LogP contribution < -0.4 is 5.32 Å². The molecule has 0 bridgehead atoms. The van der Waals surface area contributed by atoms with Crippen molar-refractivity contribution in [2.24, 2.45) is 5.92 Å². The number of hydrogen-bond acceptors (Lipinski definition) is 6. The molecule has 1 amide bonds.